The number of carbonyl (C=O) groups is 1. The van der Waals surface area contributed by atoms with E-state index in [2.05, 4.69) is 0 Å². The Balaban J connectivity index is 2.34. The first-order chi connectivity index (χ1) is 10.5. The van der Waals surface area contributed by atoms with Crippen LogP contribution in [-0.4, -0.2) is 18.2 Å². The van der Waals surface area contributed by atoms with Crippen LogP contribution < -0.4 is 4.74 Å². The zero-order valence-electron chi connectivity index (χ0n) is 12.7. The number of rotatable bonds is 6. The first-order valence-electron chi connectivity index (χ1n) is 7.19. The van der Waals surface area contributed by atoms with Crippen molar-refractivity contribution < 1.29 is 14.6 Å². The Morgan fingerprint density at radius 1 is 1.27 bits per heavy atom. The second-order valence-electron chi connectivity index (χ2n) is 5.15. The number of methoxy groups -OCH3 is 1. The molecule has 0 aliphatic rings. The lowest BCUT2D eigenvalue weighted by Gasteiger charge is -2.16. The van der Waals surface area contributed by atoms with Gasteiger partial charge in [0.25, 0.3) is 0 Å². The van der Waals surface area contributed by atoms with E-state index in [0.29, 0.717) is 11.4 Å². The lowest BCUT2D eigenvalue weighted by atomic mass is 9.90. The number of ether oxygens (including phenoxy) is 1. The van der Waals surface area contributed by atoms with Crippen LogP contribution in [0.4, 0.5) is 0 Å². The number of benzene rings is 2. The molecule has 0 saturated carbocycles. The molecule has 0 aliphatic carbocycles. The van der Waals surface area contributed by atoms with Gasteiger partial charge in [-0.15, -0.1) is 0 Å². The summed E-state index contributed by atoms with van der Waals surface area (Å²) < 4.78 is 5.30. The van der Waals surface area contributed by atoms with Crippen molar-refractivity contribution in [3.63, 3.8) is 0 Å². The zero-order valence-corrected chi connectivity index (χ0v) is 13.4. The fourth-order valence-corrected chi connectivity index (χ4v) is 2.75. The summed E-state index contributed by atoms with van der Waals surface area (Å²) in [6.45, 7) is 2.02. The van der Waals surface area contributed by atoms with E-state index in [-0.39, 0.29) is 0 Å². The Kier molecular flexibility index (Phi) is 5.45. The molecule has 4 heteroatoms. The van der Waals surface area contributed by atoms with Crippen molar-refractivity contribution in [3.05, 3.63) is 64.2 Å². The van der Waals surface area contributed by atoms with Gasteiger partial charge < -0.3 is 9.84 Å². The van der Waals surface area contributed by atoms with E-state index in [1.54, 1.807) is 13.2 Å². The Labute approximate surface area is 135 Å². The molecule has 1 N–H and O–H groups in total. The fourth-order valence-electron chi connectivity index (χ4n) is 2.54. The van der Waals surface area contributed by atoms with Gasteiger partial charge in [0, 0.05) is 5.02 Å². The van der Waals surface area contributed by atoms with Crippen LogP contribution in [0.15, 0.2) is 42.5 Å². The van der Waals surface area contributed by atoms with E-state index in [1.807, 2.05) is 43.3 Å². The Morgan fingerprint density at radius 2 is 2.05 bits per heavy atom. The van der Waals surface area contributed by atoms with E-state index in [9.17, 15) is 9.90 Å². The van der Waals surface area contributed by atoms with Crippen LogP contribution in [-0.2, 0) is 17.6 Å². The lowest BCUT2D eigenvalue weighted by Crippen LogP contribution is -2.15. The maximum Gasteiger partial charge on any atom is 0.311 e. The highest BCUT2D eigenvalue weighted by molar-refractivity contribution is 6.30. The summed E-state index contributed by atoms with van der Waals surface area (Å²) in [5.41, 5.74) is 2.70. The van der Waals surface area contributed by atoms with Crippen LogP contribution in [0.5, 0.6) is 5.75 Å². The third-order valence-electron chi connectivity index (χ3n) is 3.71. The Morgan fingerprint density at radius 3 is 2.64 bits per heavy atom. The number of halogens is 1. The van der Waals surface area contributed by atoms with Crippen LogP contribution in [0.25, 0.3) is 0 Å². The largest absolute Gasteiger partial charge is 0.496 e. The van der Waals surface area contributed by atoms with E-state index in [1.165, 1.54) is 0 Å². The highest BCUT2D eigenvalue weighted by Crippen LogP contribution is 2.28. The van der Waals surface area contributed by atoms with Gasteiger partial charge in [-0.05, 0) is 47.7 Å². The molecule has 0 heterocycles. The molecule has 116 valence electrons. The van der Waals surface area contributed by atoms with Crippen molar-refractivity contribution in [2.45, 2.75) is 25.7 Å². The van der Waals surface area contributed by atoms with Gasteiger partial charge in [-0.2, -0.15) is 0 Å². The zero-order chi connectivity index (χ0) is 16.1. The predicted octanol–water partition coefficient (Wildman–Crippen LogP) is 4.32. The van der Waals surface area contributed by atoms with E-state index < -0.39 is 11.9 Å². The van der Waals surface area contributed by atoms with E-state index in [4.69, 9.17) is 16.3 Å². The van der Waals surface area contributed by atoms with Crippen LogP contribution in [0.3, 0.4) is 0 Å². The first-order valence-corrected chi connectivity index (χ1v) is 7.57. The number of hydrogen-bond donors (Lipinski definition) is 1. The molecule has 2 rings (SSSR count). The first kappa shape index (κ1) is 16.4. The van der Waals surface area contributed by atoms with Gasteiger partial charge in [-0.25, -0.2) is 0 Å². The molecule has 0 aromatic heterocycles. The molecule has 0 radical (unpaired) electrons. The van der Waals surface area contributed by atoms with Crippen LogP contribution in [0, 0.1) is 0 Å². The van der Waals surface area contributed by atoms with Crippen LogP contribution in [0.1, 0.15) is 29.5 Å². The third-order valence-corrected chi connectivity index (χ3v) is 3.95. The maximum absolute atomic E-state index is 11.7. The summed E-state index contributed by atoms with van der Waals surface area (Å²) in [4.78, 5) is 11.7. The molecule has 3 nitrogen and oxygen atoms in total. The SMILES string of the molecule is CCc1cc(C(Cc2cccc(Cl)c2)C(=O)O)ccc1OC. The average molecular weight is 319 g/mol. The molecule has 2 aromatic carbocycles. The number of carboxylic acid groups (broad SMARTS) is 1. The molecule has 0 bridgehead atoms. The highest BCUT2D eigenvalue weighted by Gasteiger charge is 2.21. The minimum atomic E-state index is -0.841. The minimum Gasteiger partial charge on any atom is -0.496 e. The van der Waals surface area contributed by atoms with Gasteiger partial charge in [0.15, 0.2) is 0 Å². The van der Waals surface area contributed by atoms with Crippen LogP contribution >= 0.6 is 11.6 Å². The molecule has 0 spiro atoms. The lowest BCUT2D eigenvalue weighted by molar-refractivity contribution is -0.138. The molecule has 0 amide bonds. The van der Waals surface area contributed by atoms with Crippen molar-refractivity contribution in [1.82, 2.24) is 0 Å². The summed E-state index contributed by atoms with van der Waals surface area (Å²) in [5.74, 6) is -0.653. The molecule has 1 unspecified atom stereocenters. The van der Waals surface area contributed by atoms with Crippen molar-refractivity contribution >= 4 is 17.6 Å². The third kappa shape index (κ3) is 3.80. The molecular formula is C18H19ClO3. The van der Waals surface area contributed by atoms with Crippen molar-refractivity contribution in [1.29, 1.82) is 0 Å². The molecule has 0 aliphatic heterocycles. The molecule has 0 fully saturated rings. The number of aliphatic carboxylic acids is 1. The molecule has 22 heavy (non-hydrogen) atoms. The number of carboxylic acids is 1. The summed E-state index contributed by atoms with van der Waals surface area (Å²) >= 11 is 5.98. The highest BCUT2D eigenvalue weighted by atomic mass is 35.5. The molecule has 1 atom stereocenters. The van der Waals surface area contributed by atoms with Gasteiger partial charge in [0.1, 0.15) is 5.75 Å². The van der Waals surface area contributed by atoms with Crippen molar-refractivity contribution in [2.24, 2.45) is 0 Å². The predicted molar refractivity (Wildman–Crippen MR) is 87.9 cm³/mol. The van der Waals surface area contributed by atoms with E-state index >= 15 is 0 Å². The Hall–Kier alpha value is -2.00. The van der Waals surface area contributed by atoms with Gasteiger partial charge in [-0.1, -0.05) is 42.8 Å². The van der Waals surface area contributed by atoms with E-state index in [0.717, 1.165) is 28.9 Å². The summed E-state index contributed by atoms with van der Waals surface area (Å²) in [5, 5.41) is 10.2. The topological polar surface area (TPSA) is 46.5 Å². The summed E-state index contributed by atoms with van der Waals surface area (Å²) in [6.07, 6.45) is 1.20. The minimum absolute atomic E-state index is 0.408. The van der Waals surface area contributed by atoms with Gasteiger partial charge in [-0.3, -0.25) is 4.79 Å². The maximum atomic E-state index is 11.7. The fraction of sp³-hybridized carbons (Fsp3) is 0.278. The average Bonchev–Trinajstić information content (AvgIpc) is 2.51. The second-order valence-corrected chi connectivity index (χ2v) is 5.59. The van der Waals surface area contributed by atoms with Crippen molar-refractivity contribution in [2.75, 3.05) is 7.11 Å². The monoisotopic (exact) mass is 318 g/mol. The van der Waals surface area contributed by atoms with Gasteiger partial charge in [0.05, 0.1) is 13.0 Å². The molecular weight excluding hydrogens is 300 g/mol. The number of aryl methyl sites for hydroxylation is 1. The Bertz CT molecular complexity index is 667. The van der Waals surface area contributed by atoms with Crippen LogP contribution in [0.2, 0.25) is 5.02 Å². The molecule has 2 aromatic rings. The molecule has 0 saturated heterocycles. The summed E-state index contributed by atoms with van der Waals surface area (Å²) in [6, 6.07) is 12.9. The normalized spacial score (nSPS) is 12.0. The van der Waals surface area contributed by atoms with Gasteiger partial charge in [0.2, 0.25) is 0 Å². The standard InChI is InChI=1S/C18H19ClO3/c1-3-13-11-14(7-8-17(13)22-2)16(18(20)21)10-12-5-4-6-15(19)9-12/h4-9,11,16H,3,10H2,1-2H3,(H,20,21). The van der Waals surface area contributed by atoms with Crippen molar-refractivity contribution in [3.8, 4) is 5.75 Å². The second kappa shape index (κ2) is 7.32. The van der Waals surface area contributed by atoms with Gasteiger partial charge >= 0.3 is 5.97 Å². The quantitative estimate of drug-likeness (QED) is 0.862. The summed E-state index contributed by atoms with van der Waals surface area (Å²) in [7, 11) is 1.62. The number of hydrogen-bond acceptors (Lipinski definition) is 2. The smallest absolute Gasteiger partial charge is 0.311 e.